The molecule has 0 spiro atoms. The highest BCUT2D eigenvalue weighted by Crippen LogP contribution is 2.42. The fourth-order valence-corrected chi connectivity index (χ4v) is 5.00. The summed E-state index contributed by atoms with van der Waals surface area (Å²) in [5.41, 5.74) is -1.16. The number of pyridine rings is 1. The van der Waals surface area contributed by atoms with E-state index in [9.17, 15) is 23.1 Å². The zero-order valence-electron chi connectivity index (χ0n) is 21.3. The third-order valence-electron chi connectivity index (χ3n) is 7.14. The van der Waals surface area contributed by atoms with E-state index in [1.807, 2.05) is 10.9 Å². The summed E-state index contributed by atoms with van der Waals surface area (Å²) < 4.78 is 41.1. The van der Waals surface area contributed by atoms with Crippen molar-refractivity contribution in [3.8, 4) is 0 Å². The van der Waals surface area contributed by atoms with E-state index in [2.05, 4.69) is 31.1 Å². The molecule has 0 saturated heterocycles. The fraction of sp³-hybridized carbons (Fsp3) is 0.519. The number of carbonyl (C=O) groups excluding carboxylic acids is 1. The van der Waals surface area contributed by atoms with Gasteiger partial charge in [-0.2, -0.15) is 18.3 Å². The van der Waals surface area contributed by atoms with E-state index in [1.165, 1.54) is 6.07 Å². The topological polar surface area (TPSA) is 80.0 Å². The number of amides is 1. The van der Waals surface area contributed by atoms with Crippen LogP contribution in [0.5, 0.6) is 0 Å². The van der Waals surface area contributed by atoms with Crippen molar-refractivity contribution in [2.75, 3.05) is 5.32 Å². The Balaban J connectivity index is 1.63. The molecule has 36 heavy (non-hydrogen) atoms. The fourth-order valence-electron chi connectivity index (χ4n) is 5.00. The maximum absolute atomic E-state index is 13.1. The summed E-state index contributed by atoms with van der Waals surface area (Å²) in [5.74, 6) is -0.120. The molecule has 0 atom stereocenters. The minimum Gasteiger partial charge on any atom is -0.386 e. The van der Waals surface area contributed by atoms with Gasteiger partial charge >= 0.3 is 6.18 Å². The second-order valence-corrected chi connectivity index (χ2v) is 11.4. The zero-order valence-corrected chi connectivity index (χ0v) is 21.3. The number of aliphatic hydroxyl groups is 1. The van der Waals surface area contributed by atoms with E-state index in [1.54, 1.807) is 26.0 Å². The number of alkyl halides is 3. The van der Waals surface area contributed by atoms with Crippen LogP contribution in [0.1, 0.15) is 88.1 Å². The third kappa shape index (κ3) is 5.56. The maximum Gasteiger partial charge on any atom is 0.433 e. The minimum atomic E-state index is -4.66. The van der Waals surface area contributed by atoms with E-state index in [0.29, 0.717) is 22.7 Å². The van der Waals surface area contributed by atoms with Gasteiger partial charge in [0.25, 0.3) is 5.91 Å². The molecule has 2 aromatic heterocycles. The molecule has 2 N–H and O–H groups in total. The minimum absolute atomic E-state index is 0.272. The van der Waals surface area contributed by atoms with Crippen molar-refractivity contribution >= 4 is 22.5 Å². The molecule has 4 rings (SSSR count). The van der Waals surface area contributed by atoms with Gasteiger partial charge in [0.1, 0.15) is 11.4 Å². The molecule has 0 bridgehead atoms. The molecule has 1 amide bonds. The van der Waals surface area contributed by atoms with Gasteiger partial charge in [-0.1, -0.05) is 26.8 Å². The summed E-state index contributed by atoms with van der Waals surface area (Å²) >= 11 is 0. The lowest BCUT2D eigenvalue weighted by molar-refractivity contribution is -0.141. The van der Waals surface area contributed by atoms with Gasteiger partial charge in [0.2, 0.25) is 0 Å². The molecular weight excluding hydrogens is 469 g/mol. The van der Waals surface area contributed by atoms with Crippen LogP contribution in [-0.2, 0) is 11.8 Å². The van der Waals surface area contributed by atoms with E-state index in [-0.39, 0.29) is 17.2 Å². The van der Waals surface area contributed by atoms with Gasteiger partial charge in [0.05, 0.1) is 17.2 Å². The van der Waals surface area contributed by atoms with Crippen molar-refractivity contribution in [2.45, 2.75) is 78.1 Å². The molecule has 0 radical (unpaired) electrons. The number of nitrogens with one attached hydrogen (secondary N) is 1. The predicted molar refractivity (Wildman–Crippen MR) is 133 cm³/mol. The number of hydrogen-bond acceptors (Lipinski definition) is 4. The van der Waals surface area contributed by atoms with Crippen LogP contribution >= 0.6 is 0 Å². The standard InChI is InChI=1S/C27H33F3N4O2/c1-25(2,3)17-9-11-18(12-10-17)34-15-16-13-22(19(26(4,5)36)14-21(16)33-34)32-24(35)20-7-6-8-23(31-20)27(28,29)30/h6-8,13-15,17-18,36H,9-12H2,1-5H3,(H,32,35). The average molecular weight is 503 g/mol. The number of anilines is 1. The first-order chi connectivity index (χ1) is 16.6. The number of fused-ring (bicyclic) bond motifs is 1. The molecule has 0 aliphatic heterocycles. The van der Waals surface area contributed by atoms with Gasteiger partial charge in [0, 0.05) is 22.8 Å². The van der Waals surface area contributed by atoms with Crippen LogP contribution in [-0.4, -0.2) is 25.8 Å². The summed E-state index contributed by atoms with van der Waals surface area (Å²) in [6, 6.07) is 6.88. The molecule has 194 valence electrons. The van der Waals surface area contributed by atoms with Crippen LogP contribution in [0, 0.1) is 11.3 Å². The van der Waals surface area contributed by atoms with Crippen molar-refractivity contribution in [3.05, 3.63) is 53.5 Å². The number of halogens is 3. The first kappa shape index (κ1) is 26.1. The molecule has 9 heteroatoms. The van der Waals surface area contributed by atoms with Crippen LogP contribution in [0.4, 0.5) is 18.9 Å². The van der Waals surface area contributed by atoms with Crippen LogP contribution in [0.3, 0.4) is 0 Å². The zero-order chi connectivity index (χ0) is 26.5. The summed E-state index contributed by atoms with van der Waals surface area (Å²) in [6.45, 7) is 10.0. The molecule has 1 aliphatic rings. The lowest BCUT2D eigenvalue weighted by Gasteiger charge is -2.37. The molecule has 2 heterocycles. The largest absolute Gasteiger partial charge is 0.433 e. The SMILES string of the molecule is CC(C)(O)c1cc2nn(C3CCC(C(C)(C)C)CC3)cc2cc1NC(=O)c1cccc(C(F)(F)F)n1. The van der Waals surface area contributed by atoms with Crippen LogP contribution < -0.4 is 5.32 Å². The summed E-state index contributed by atoms with van der Waals surface area (Å²) in [4.78, 5) is 16.3. The Morgan fingerprint density at radius 3 is 2.31 bits per heavy atom. The molecule has 0 unspecified atom stereocenters. The summed E-state index contributed by atoms with van der Waals surface area (Å²) in [6.07, 6.45) is 1.59. The second kappa shape index (κ2) is 9.18. The van der Waals surface area contributed by atoms with E-state index >= 15 is 0 Å². The predicted octanol–water partition coefficient (Wildman–Crippen LogP) is 6.71. The van der Waals surface area contributed by atoms with Gasteiger partial charge in [-0.15, -0.1) is 0 Å². The molecule has 1 fully saturated rings. The Morgan fingerprint density at radius 1 is 1.06 bits per heavy atom. The highest BCUT2D eigenvalue weighted by molar-refractivity contribution is 6.04. The van der Waals surface area contributed by atoms with Gasteiger partial charge in [-0.05, 0) is 75.1 Å². The van der Waals surface area contributed by atoms with Gasteiger partial charge in [-0.3, -0.25) is 9.48 Å². The summed E-state index contributed by atoms with van der Waals surface area (Å²) in [5, 5.41) is 19.0. The number of carbonyl (C=O) groups is 1. The van der Waals surface area contributed by atoms with Crippen molar-refractivity contribution in [1.82, 2.24) is 14.8 Å². The van der Waals surface area contributed by atoms with Crippen LogP contribution in [0.2, 0.25) is 0 Å². The lowest BCUT2D eigenvalue weighted by Crippen LogP contribution is -2.27. The third-order valence-corrected chi connectivity index (χ3v) is 7.14. The summed E-state index contributed by atoms with van der Waals surface area (Å²) in [7, 11) is 0. The van der Waals surface area contributed by atoms with E-state index < -0.39 is 23.4 Å². The highest BCUT2D eigenvalue weighted by Gasteiger charge is 2.33. The first-order valence-corrected chi connectivity index (χ1v) is 12.2. The van der Waals surface area contributed by atoms with Crippen molar-refractivity contribution in [1.29, 1.82) is 0 Å². The Hall–Kier alpha value is -2.94. The van der Waals surface area contributed by atoms with Gasteiger partial charge in [-0.25, -0.2) is 4.98 Å². The normalized spacial score (nSPS) is 19.5. The monoisotopic (exact) mass is 502 g/mol. The first-order valence-electron chi connectivity index (χ1n) is 12.2. The molecule has 1 aromatic carbocycles. The Bertz CT molecular complexity index is 1260. The quantitative estimate of drug-likeness (QED) is 0.416. The number of nitrogens with zero attached hydrogens (tertiary/aromatic N) is 3. The van der Waals surface area contributed by atoms with Crippen molar-refractivity contribution in [3.63, 3.8) is 0 Å². The second-order valence-electron chi connectivity index (χ2n) is 11.4. The van der Waals surface area contributed by atoms with Crippen LogP contribution in [0.15, 0.2) is 36.5 Å². The lowest BCUT2D eigenvalue weighted by atomic mass is 9.71. The van der Waals surface area contributed by atoms with Crippen LogP contribution in [0.25, 0.3) is 10.9 Å². The highest BCUT2D eigenvalue weighted by atomic mass is 19.4. The average Bonchev–Trinajstić information content (AvgIpc) is 3.20. The molecule has 6 nitrogen and oxygen atoms in total. The number of benzene rings is 1. The van der Waals surface area contributed by atoms with Gasteiger partial charge < -0.3 is 10.4 Å². The number of rotatable bonds is 4. The van der Waals surface area contributed by atoms with Crippen molar-refractivity contribution < 1.29 is 23.1 Å². The smallest absolute Gasteiger partial charge is 0.386 e. The molecule has 1 saturated carbocycles. The number of hydrogen-bond donors (Lipinski definition) is 2. The Kier molecular flexibility index (Phi) is 6.66. The van der Waals surface area contributed by atoms with E-state index in [0.717, 1.165) is 43.2 Å². The maximum atomic E-state index is 13.1. The van der Waals surface area contributed by atoms with Crippen molar-refractivity contribution in [2.24, 2.45) is 11.3 Å². The Labute approximate surface area is 208 Å². The van der Waals surface area contributed by atoms with E-state index in [4.69, 9.17) is 5.10 Å². The molecule has 3 aromatic rings. The molecule has 1 aliphatic carbocycles. The molecular formula is C27H33F3N4O2. The Morgan fingerprint density at radius 2 is 1.72 bits per heavy atom. The van der Waals surface area contributed by atoms with Gasteiger partial charge in [0.15, 0.2) is 0 Å². The number of aromatic nitrogens is 3.